The Hall–Kier alpha value is -2.67. The zero-order chi connectivity index (χ0) is 18.3. The first-order valence-electron chi connectivity index (χ1n) is 8.72. The van der Waals surface area contributed by atoms with Gasteiger partial charge >= 0.3 is 5.97 Å². The first kappa shape index (κ1) is 16.8. The number of likely N-dealkylation sites (tertiary alicyclic amines) is 1. The fourth-order valence-corrected chi connectivity index (χ4v) is 3.93. The third kappa shape index (κ3) is 2.68. The van der Waals surface area contributed by atoms with Gasteiger partial charge in [0.2, 0.25) is 0 Å². The highest BCUT2D eigenvalue weighted by molar-refractivity contribution is 5.94. The van der Waals surface area contributed by atoms with Crippen LogP contribution in [-0.2, 0) is 9.53 Å². The van der Waals surface area contributed by atoms with Gasteiger partial charge in [-0.05, 0) is 19.4 Å². The topological polar surface area (TPSA) is 95.5 Å². The van der Waals surface area contributed by atoms with Gasteiger partial charge in [0.05, 0.1) is 17.7 Å². The third-order valence-corrected chi connectivity index (χ3v) is 5.58. The zero-order valence-electron chi connectivity index (χ0n) is 14.6. The number of nitrogens with zero attached hydrogens (tertiary/aromatic N) is 2. The van der Waals surface area contributed by atoms with Gasteiger partial charge in [0.1, 0.15) is 5.69 Å². The first-order valence-corrected chi connectivity index (χ1v) is 8.72. The van der Waals surface area contributed by atoms with Crippen LogP contribution in [0.2, 0.25) is 0 Å². The molecule has 2 atom stereocenters. The number of amides is 1. The SMILES string of the molecule is Cc1ccc(-c2cc(C(=O)N3C[C@H]4COCC[C@@]4(C(=O)O)C3)[nH]n2)cc1. The summed E-state index contributed by atoms with van der Waals surface area (Å²) in [4.78, 5) is 26.4. The second-order valence-electron chi connectivity index (χ2n) is 7.20. The molecule has 4 rings (SSSR count). The Labute approximate surface area is 151 Å². The van der Waals surface area contributed by atoms with Crippen molar-refractivity contribution in [1.82, 2.24) is 15.1 Å². The molecule has 1 aromatic carbocycles. The maximum Gasteiger partial charge on any atom is 0.311 e. The number of aliphatic carboxylic acids is 1. The number of aromatic amines is 1. The summed E-state index contributed by atoms with van der Waals surface area (Å²) >= 11 is 0. The van der Waals surface area contributed by atoms with Crippen LogP contribution in [0.1, 0.15) is 22.5 Å². The number of carbonyl (C=O) groups excluding carboxylic acids is 1. The maximum absolute atomic E-state index is 12.9. The van der Waals surface area contributed by atoms with E-state index < -0.39 is 11.4 Å². The molecule has 7 nitrogen and oxygen atoms in total. The molecule has 26 heavy (non-hydrogen) atoms. The van der Waals surface area contributed by atoms with Gasteiger partial charge in [-0.2, -0.15) is 5.10 Å². The summed E-state index contributed by atoms with van der Waals surface area (Å²) in [5.74, 6) is -1.23. The second kappa shape index (κ2) is 6.25. The van der Waals surface area contributed by atoms with Crippen molar-refractivity contribution in [3.8, 4) is 11.3 Å². The van der Waals surface area contributed by atoms with Gasteiger partial charge in [-0.25, -0.2) is 0 Å². The van der Waals surface area contributed by atoms with Crippen LogP contribution in [0.4, 0.5) is 0 Å². The predicted octanol–water partition coefficient (Wildman–Crippen LogP) is 1.95. The van der Waals surface area contributed by atoms with E-state index in [-0.39, 0.29) is 18.4 Å². The highest BCUT2D eigenvalue weighted by Gasteiger charge is 2.55. The van der Waals surface area contributed by atoms with Gasteiger partial charge < -0.3 is 14.7 Å². The highest BCUT2D eigenvalue weighted by Crippen LogP contribution is 2.42. The minimum Gasteiger partial charge on any atom is -0.481 e. The van der Waals surface area contributed by atoms with Crippen molar-refractivity contribution in [1.29, 1.82) is 0 Å². The standard InChI is InChI=1S/C19H21N3O4/c1-12-2-4-13(5-3-12)15-8-16(21-20-15)17(23)22-9-14-10-26-7-6-19(14,11-22)18(24)25/h2-5,8,14H,6-7,9-11H2,1H3,(H,20,21)(H,24,25)/t14-,19+/m0/s1. The number of carbonyl (C=O) groups is 2. The van der Waals surface area contributed by atoms with Crippen LogP contribution in [0.25, 0.3) is 11.3 Å². The Morgan fingerprint density at radius 3 is 2.81 bits per heavy atom. The molecule has 0 spiro atoms. The van der Waals surface area contributed by atoms with E-state index >= 15 is 0 Å². The summed E-state index contributed by atoms with van der Waals surface area (Å²) < 4.78 is 5.44. The molecule has 2 saturated heterocycles. The lowest BCUT2D eigenvalue weighted by Gasteiger charge is -2.33. The Kier molecular flexibility index (Phi) is 4.03. The molecule has 2 aliphatic heterocycles. The average molecular weight is 355 g/mol. The molecule has 2 N–H and O–H groups in total. The number of hydrogen-bond donors (Lipinski definition) is 2. The van der Waals surface area contributed by atoms with E-state index in [1.807, 2.05) is 31.2 Å². The van der Waals surface area contributed by atoms with E-state index in [1.54, 1.807) is 11.0 Å². The van der Waals surface area contributed by atoms with Crippen molar-refractivity contribution in [3.63, 3.8) is 0 Å². The van der Waals surface area contributed by atoms with Gasteiger partial charge in [-0.3, -0.25) is 14.7 Å². The van der Waals surface area contributed by atoms with Crippen LogP contribution in [0.3, 0.4) is 0 Å². The van der Waals surface area contributed by atoms with Crippen LogP contribution >= 0.6 is 0 Å². The summed E-state index contributed by atoms with van der Waals surface area (Å²) in [5, 5.41) is 16.8. The van der Waals surface area contributed by atoms with Crippen LogP contribution in [0.5, 0.6) is 0 Å². The number of fused-ring (bicyclic) bond motifs is 1. The van der Waals surface area contributed by atoms with E-state index in [2.05, 4.69) is 10.2 Å². The van der Waals surface area contributed by atoms with Crippen molar-refractivity contribution >= 4 is 11.9 Å². The number of aromatic nitrogens is 2. The average Bonchev–Trinajstić information content (AvgIpc) is 3.27. The molecule has 0 unspecified atom stereocenters. The molecule has 3 heterocycles. The quantitative estimate of drug-likeness (QED) is 0.877. The van der Waals surface area contributed by atoms with E-state index in [9.17, 15) is 14.7 Å². The summed E-state index contributed by atoms with van der Waals surface area (Å²) in [6.07, 6.45) is 0.439. The second-order valence-corrected chi connectivity index (χ2v) is 7.20. The number of aryl methyl sites for hydroxylation is 1. The Bertz CT molecular complexity index is 845. The molecule has 0 saturated carbocycles. The van der Waals surface area contributed by atoms with Crippen LogP contribution in [-0.4, -0.2) is 58.4 Å². The van der Waals surface area contributed by atoms with Crippen molar-refractivity contribution < 1.29 is 19.4 Å². The number of rotatable bonds is 3. The number of nitrogens with one attached hydrogen (secondary N) is 1. The maximum atomic E-state index is 12.9. The molecule has 136 valence electrons. The van der Waals surface area contributed by atoms with Gasteiger partial charge in [0, 0.05) is 31.2 Å². The van der Waals surface area contributed by atoms with Gasteiger partial charge in [0.25, 0.3) is 5.91 Å². The largest absolute Gasteiger partial charge is 0.481 e. The molecule has 1 amide bonds. The molecule has 0 bridgehead atoms. The van der Waals surface area contributed by atoms with Crippen molar-refractivity contribution in [2.24, 2.45) is 11.3 Å². The minimum absolute atomic E-state index is 0.169. The Balaban J connectivity index is 1.55. The number of hydrogen-bond acceptors (Lipinski definition) is 4. The van der Waals surface area contributed by atoms with Gasteiger partial charge in [0.15, 0.2) is 0 Å². The van der Waals surface area contributed by atoms with E-state index in [1.165, 1.54) is 0 Å². The highest BCUT2D eigenvalue weighted by atomic mass is 16.5. The summed E-state index contributed by atoms with van der Waals surface area (Å²) in [6, 6.07) is 9.63. The Morgan fingerprint density at radius 2 is 2.12 bits per heavy atom. The molecule has 2 aromatic rings. The molecule has 2 fully saturated rings. The van der Waals surface area contributed by atoms with Crippen molar-refractivity contribution in [2.75, 3.05) is 26.3 Å². The molecule has 0 radical (unpaired) electrons. The smallest absolute Gasteiger partial charge is 0.311 e. The van der Waals surface area contributed by atoms with E-state index in [4.69, 9.17) is 4.74 Å². The molecule has 1 aromatic heterocycles. The van der Waals surface area contributed by atoms with Gasteiger partial charge in [-0.15, -0.1) is 0 Å². The van der Waals surface area contributed by atoms with Crippen molar-refractivity contribution in [2.45, 2.75) is 13.3 Å². The number of H-pyrrole nitrogens is 1. The van der Waals surface area contributed by atoms with E-state index in [0.29, 0.717) is 37.6 Å². The normalized spacial score (nSPS) is 25.1. The van der Waals surface area contributed by atoms with Crippen LogP contribution < -0.4 is 0 Å². The lowest BCUT2D eigenvalue weighted by atomic mass is 9.74. The summed E-state index contributed by atoms with van der Waals surface area (Å²) in [6.45, 7) is 3.43. The summed E-state index contributed by atoms with van der Waals surface area (Å²) in [5.41, 5.74) is 2.26. The molecule has 0 aliphatic carbocycles. The predicted molar refractivity (Wildman–Crippen MR) is 93.7 cm³/mol. The van der Waals surface area contributed by atoms with Crippen LogP contribution in [0.15, 0.2) is 30.3 Å². The molecule has 7 heteroatoms. The summed E-state index contributed by atoms with van der Waals surface area (Å²) in [7, 11) is 0. The monoisotopic (exact) mass is 355 g/mol. The third-order valence-electron chi connectivity index (χ3n) is 5.58. The van der Waals surface area contributed by atoms with Gasteiger partial charge in [-0.1, -0.05) is 29.8 Å². The molecular formula is C19H21N3O4. The molecular weight excluding hydrogens is 334 g/mol. The minimum atomic E-state index is -0.895. The Morgan fingerprint density at radius 1 is 1.35 bits per heavy atom. The lowest BCUT2D eigenvalue weighted by molar-refractivity contribution is -0.157. The number of benzene rings is 1. The fraction of sp³-hybridized carbons (Fsp3) is 0.421. The van der Waals surface area contributed by atoms with Crippen molar-refractivity contribution in [3.05, 3.63) is 41.6 Å². The molecule has 2 aliphatic rings. The van der Waals surface area contributed by atoms with E-state index in [0.717, 1.165) is 11.1 Å². The number of carboxylic acids is 1. The van der Waals surface area contributed by atoms with Crippen LogP contribution in [0, 0.1) is 18.3 Å². The zero-order valence-corrected chi connectivity index (χ0v) is 14.6. The lowest BCUT2D eigenvalue weighted by Crippen LogP contribution is -2.45. The number of carboxylic acid groups (broad SMARTS) is 1. The first-order chi connectivity index (χ1) is 12.5. The fourth-order valence-electron chi connectivity index (χ4n) is 3.93. The number of ether oxygens (including phenoxy) is 1.